The Balaban J connectivity index is 2.47. The number of nitrogens with one attached hydrogen (secondary N) is 1. The Hall–Kier alpha value is -2.94. The Morgan fingerprint density at radius 2 is 1.42 bits per heavy atom. The standard InChI is InChI=1S/C22H29NO7S/c1-7-15(8-2)31(25,26)16-9-10-18(27-3)17(13-16)23-22(24)14-11-19(28-4)21(30-6)20(12-14)29-5/h9-13,15H,7-8H2,1-6H3,(H,23,24). The molecule has 0 aliphatic rings. The SMILES string of the molecule is CCC(CC)S(=O)(=O)c1ccc(OC)c(NC(=O)c2cc(OC)c(OC)c(OC)c2)c1. The van der Waals surface area contributed by atoms with Crippen molar-refractivity contribution >= 4 is 21.4 Å². The van der Waals surface area contributed by atoms with Gasteiger partial charge in [-0.25, -0.2) is 8.42 Å². The Bertz CT molecular complexity index is 1010. The molecule has 0 aliphatic carbocycles. The zero-order valence-electron chi connectivity index (χ0n) is 18.6. The summed E-state index contributed by atoms with van der Waals surface area (Å²) in [5.41, 5.74) is 0.484. The summed E-state index contributed by atoms with van der Waals surface area (Å²) in [5.74, 6) is 0.851. The molecule has 0 atom stereocenters. The fraction of sp³-hybridized carbons (Fsp3) is 0.409. The first kappa shape index (κ1) is 24.3. The minimum atomic E-state index is -3.54. The second-order valence-corrected chi connectivity index (χ2v) is 8.94. The largest absolute Gasteiger partial charge is 0.495 e. The molecule has 31 heavy (non-hydrogen) atoms. The van der Waals surface area contributed by atoms with Gasteiger partial charge >= 0.3 is 0 Å². The van der Waals surface area contributed by atoms with E-state index in [0.29, 0.717) is 35.8 Å². The second-order valence-electron chi connectivity index (χ2n) is 6.71. The summed E-state index contributed by atoms with van der Waals surface area (Å²) in [6.07, 6.45) is 0.996. The van der Waals surface area contributed by atoms with Crippen molar-refractivity contribution in [1.82, 2.24) is 0 Å². The minimum absolute atomic E-state index is 0.127. The Kier molecular flexibility index (Phi) is 8.15. The van der Waals surface area contributed by atoms with E-state index >= 15 is 0 Å². The lowest BCUT2D eigenvalue weighted by Crippen LogP contribution is -2.20. The zero-order valence-corrected chi connectivity index (χ0v) is 19.5. The Morgan fingerprint density at radius 3 is 1.87 bits per heavy atom. The maximum absolute atomic E-state index is 13.0. The van der Waals surface area contributed by atoms with Crippen LogP contribution in [0.25, 0.3) is 0 Å². The highest BCUT2D eigenvalue weighted by Crippen LogP contribution is 2.38. The second kappa shape index (κ2) is 10.4. The molecular formula is C22H29NO7S. The van der Waals surface area contributed by atoms with Crippen LogP contribution in [0.1, 0.15) is 37.0 Å². The summed E-state index contributed by atoms with van der Waals surface area (Å²) in [5, 5.41) is 2.22. The van der Waals surface area contributed by atoms with E-state index in [2.05, 4.69) is 5.32 Å². The lowest BCUT2D eigenvalue weighted by Gasteiger charge is -2.17. The van der Waals surface area contributed by atoms with Crippen LogP contribution in [0.4, 0.5) is 5.69 Å². The normalized spacial score (nSPS) is 11.2. The molecule has 0 saturated heterocycles. The lowest BCUT2D eigenvalue weighted by atomic mass is 10.1. The van der Waals surface area contributed by atoms with E-state index in [-0.39, 0.29) is 16.1 Å². The van der Waals surface area contributed by atoms with Crippen molar-refractivity contribution in [3.05, 3.63) is 35.9 Å². The van der Waals surface area contributed by atoms with Gasteiger partial charge in [-0.15, -0.1) is 0 Å². The van der Waals surface area contributed by atoms with Crippen LogP contribution >= 0.6 is 0 Å². The molecule has 8 nitrogen and oxygen atoms in total. The molecule has 2 aromatic carbocycles. The van der Waals surface area contributed by atoms with Crippen molar-refractivity contribution in [2.24, 2.45) is 0 Å². The number of rotatable bonds is 10. The van der Waals surface area contributed by atoms with E-state index in [1.807, 2.05) is 13.8 Å². The first-order chi connectivity index (χ1) is 14.8. The van der Waals surface area contributed by atoms with Crippen LogP contribution in [0.2, 0.25) is 0 Å². The molecule has 0 saturated carbocycles. The number of sulfone groups is 1. The molecule has 0 aromatic heterocycles. The van der Waals surface area contributed by atoms with Crippen LogP contribution in [-0.2, 0) is 9.84 Å². The first-order valence-electron chi connectivity index (χ1n) is 9.80. The number of methoxy groups -OCH3 is 4. The fourth-order valence-corrected chi connectivity index (χ4v) is 5.09. The maximum atomic E-state index is 13.0. The van der Waals surface area contributed by atoms with Crippen molar-refractivity contribution in [3.8, 4) is 23.0 Å². The zero-order chi connectivity index (χ0) is 23.2. The van der Waals surface area contributed by atoms with Gasteiger partial charge in [-0.3, -0.25) is 4.79 Å². The molecule has 0 heterocycles. The number of amides is 1. The number of carbonyl (C=O) groups excluding carboxylic acids is 1. The predicted molar refractivity (Wildman–Crippen MR) is 119 cm³/mol. The van der Waals surface area contributed by atoms with Gasteiger partial charge in [0.2, 0.25) is 5.75 Å². The highest BCUT2D eigenvalue weighted by molar-refractivity contribution is 7.92. The van der Waals surface area contributed by atoms with Gasteiger partial charge in [0, 0.05) is 5.56 Å². The van der Waals surface area contributed by atoms with Gasteiger partial charge in [0.15, 0.2) is 21.3 Å². The number of ether oxygens (including phenoxy) is 4. The van der Waals surface area contributed by atoms with Crippen LogP contribution in [-0.4, -0.2) is 48.0 Å². The van der Waals surface area contributed by atoms with E-state index in [9.17, 15) is 13.2 Å². The molecule has 0 radical (unpaired) electrons. The molecular weight excluding hydrogens is 422 g/mol. The number of carbonyl (C=O) groups is 1. The van der Waals surface area contributed by atoms with E-state index in [4.69, 9.17) is 18.9 Å². The number of anilines is 1. The highest BCUT2D eigenvalue weighted by Gasteiger charge is 2.26. The minimum Gasteiger partial charge on any atom is -0.495 e. The van der Waals surface area contributed by atoms with E-state index in [0.717, 1.165) is 0 Å². The molecule has 0 bridgehead atoms. The van der Waals surface area contributed by atoms with Crippen molar-refractivity contribution in [2.45, 2.75) is 36.8 Å². The van der Waals surface area contributed by atoms with E-state index in [1.165, 1.54) is 58.8 Å². The Labute approximate surface area is 183 Å². The summed E-state index contributed by atoms with van der Waals surface area (Å²) >= 11 is 0. The van der Waals surface area contributed by atoms with Crippen LogP contribution in [0.5, 0.6) is 23.0 Å². The molecule has 170 valence electrons. The summed E-state index contributed by atoms with van der Waals surface area (Å²) in [6, 6.07) is 7.45. The molecule has 0 fully saturated rings. The average Bonchev–Trinajstić information content (AvgIpc) is 2.78. The van der Waals surface area contributed by atoms with Gasteiger partial charge in [-0.05, 0) is 43.2 Å². The summed E-state index contributed by atoms with van der Waals surface area (Å²) in [7, 11) is 2.28. The summed E-state index contributed by atoms with van der Waals surface area (Å²) in [4.78, 5) is 13.1. The Morgan fingerprint density at radius 1 is 0.871 bits per heavy atom. The molecule has 1 N–H and O–H groups in total. The van der Waals surface area contributed by atoms with Crippen molar-refractivity contribution in [2.75, 3.05) is 33.8 Å². The highest BCUT2D eigenvalue weighted by atomic mass is 32.2. The quantitative estimate of drug-likeness (QED) is 0.584. The molecule has 1 amide bonds. The van der Waals surface area contributed by atoms with E-state index in [1.54, 1.807) is 0 Å². The van der Waals surface area contributed by atoms with Gasteiger partial charge < -0.3 is 24.3 Å². The number of hydrogen-bond donors (Lipinski definition) is 1. The van der Waals surface area contributed by atoms with Gasteiger partial charge in [0.1, 0.15) is 5.75 Å². The van der Waals surface area contributed by atoms with Crippen molar-refractivity contribution in [1.29, 1.82) is 0 Å². The van der Waals surface area contributed by atoms with Crippen LogP contribution in [0.3, 0.4) is 0 Å². The topological polar surface area (TPSA) is 100 Å². The molecule has 0 unspecified atom stereocenters. The van der Waals surface area contributed by atoms with Crippen molar-refractivity contribution in [3.63, 3.8) is 0 Å². The molecule has 2 rings (SSSR count). The van der Waals surface area contributed by atoms with Gasteiger partial charge in [0.05, 0.1) is 44.3 Å². The van der Waals surface area contributed by atoms with E-state index < -0.39 is 21.0 Å². The maximum Gasteiger partial charge on any atom is 0.256 e. The molecule has 2 aromatic rings. The van der Waals surface area contributed by atoms with Crippen molar-refractivity contribution < 1.29 is 32.2 Å². The molecule has 0 aliphatic heterocycles. The average molecular weight is 452 g/mol. The molecule has 0 spiro atoms. The number of hydrogen-bond acceptors (Lipinski definition) is 7. The lowest BCUT2D eigenvalue weighted by molar-refractivity contribution is 0.102. The fourth-order valence-electron chi connectivity index (χ4n) is 3.29. The predicted octanol–water partition coefficient (Wildman–Crippen LogP) is 3.94. The van der Waals surface area contributed by atoms with Crippen LogP contribution in [0.15, 0.2) is 35.2 Å². The summed E-state index contributed by atoms with van der Waals surface area (Å²) in [6.45, 7) is 3.67. The third-order valence-corrected chi connectivity index (χ3v) is 7.48. The van der Waals surface area contributed by atoms with Gasteiger partial charge in [0.25, 0.3) is 5.91 Å². The molecule has 9 heteroatoms. The van der Waals surface area contributed by atoms with Crippen LogP contribution < -0.4 is 24.3 Å². The third kappa shape index (κ3) is 5.04. The third-order valence-electron chi connectivity index (χ3n) is 5.02. The van der Waals surface area contributed by atoms with Gasteiger partial charge in [-0.1, -0.05) is 13.8 Å². The summed E-state index contributed by atoms with van der Waals surface area (Å²) < 4.78 is 47.0. The smallest absolute Gasteiger partial charge is 0.256 e. The van der Waals surface area contributed by atoms with Gasteiger partial charge in [-0.2, -0.15) is 0 Å². The monoisotopic (exact) mass is 451 g/mol. The van der Waals surface area contributed by atoms with Crippen LogP contribution in [0, 0.1) is 0 Å². The number of benzene rings is 2. The first-order valence-corrected chi connectivity index (χ1v) is 11.3.